The van der Waals surface area contributed by atoms with Crippen molar-refractivity contribution < 1.29 is 12.8 Å². The molecule has 0 bridgehead atoms. The van der Waals surface area contributed by atoms with E-state index in [-0.39, 0.29) is 17.3 Å². The van der Waals surface area contributed by atoms with E-state index in [0.717, 1.165) is 26.7 Å². The van der Waals surface area contributed by atoms with E-state index >= 15 is 0 Å². The number of rotatable bonds is 6. The first-order chi connectivity index (χ1) is 12.3. The van der Waals surface area contributed by atoms with E-state index in [0.29, 0.717) is 6.42 Å². The molecule has 0 atom stereocenters. The van der Waals surface area contributed by atoms with Crippen LogP contribution < -0.4 is 4.72 Å². The molecule has 0 aliphatic rings. The lowest BCUT2D eigenvalue weighted by Crippen LogP contribution is -2.25. The third-order valence-electron chi connectivity index (χ3n) is 3.94. The number of halogens is 1. The summed E-state index contributed by atoms with van der Waals surface area (Å²) in [5.41, 5.74) is 2.57. The van der Waals surface area contributed by atoms with Gasteiger partial charge in [0.05, 0.1) is 10.6 Å². The van der Waals surface area contributed by atoms with Crippen LogP contribution in [0.25, 0.3) is 10.6 Å². The van der Waals surface area contributed by atoms with Crippen molar-refractivity contribution in [3.63, 3.8) is 0 Å². The third-order valence-corrected chi connectivity index (χ3v) is 6.68. The van der Waals surface area contributed by atoms with Crippen molar-refractivity contribution in [1.82, 2.24) is 9.71 Å². The lowest BCUT2D eigenvalue weighted by molar-refractivity contribution is 0.581. The van der Waals surface area contributed by atoms with Crippen LogP contribution in [0, 0.1) is 19.7 Å². The molecule has 136 valence electrons. The van der Waals surface area contributed by atoms with Gasteiger partial charge in [0.2, 0.25) is 10.0 Å². The standard InChI is InChI=1S/C19H19FN2O2S2/c1-13-6-8-17(9-7-13)26(23,24)21-11-10-18-14(2)22-19(25-18)15-4-3-5-16(20)12-15/h3-9,12,21H,10-11H2,1-2H3. The second-order valence-corrected chi connectivity index (χ2v) is 8.85. The predicted molar refractivity (Wildman–Crippen MR) is 102 cm³/mol. The summed E-state index contributed by atoms with van der Waals surface area (Å²) in [5.74, 6) is -0.303. The molecule has 0 saturated carbocycles. The average Bonchev–Trinajstić information content (AvgIpc) is 2.96. The summed E-state index contributed by atoms with van der Waals surface area (Å²) in [6.07, 6.45) is 0.532. The lowest BCUT2D eigenvalue weighted by atomic mass is 10.2. The Balaban J connectivity index is 1.68. The molecule has 0 aliphatic heterocycles. The van der Waals surface area contributed by atoms with Gasteiger partial charge in [-0.1, -0.05) is 29.8 Å². The number of thiazole rings is 1. The highest BCUT2D eigenvalue weighted by atomic mass is 32.2. The Morgan fingerprint density at radius 1 is 1.12 bits per heavy atom. The number of nitrogens with zero attached hydrogens (tertiary/aromatic N) is 1. The van der Waals surface area contributed by atoms with Gasteiger partial charge in [0.25, 0.3) is 0 Å². The molecular weight excluding hydrogens is 371 g/mol. The van der Waals surface area contributed by atoms with Gasteiger partial charge in [-0.05, 0) is 44.5 Å². The number of nitrogens with one attached hydrogen (secondary N) is 1. The van der Waals surface area contributed by atoms with Crippen molar-refractivity contribution in [2.75, 3.05) is 6.54 Å². The Kier molecular flexibility index (Phi) is 5.50. The Morgan fingerprint density at radius 3 is 2.54 bits per heavy atom. The van der Waals surface area contributed by atoms with Crippen LogP contribution in [0.2, 0.25) is 0 Å². The number of hydrogen-bond donors (Lipinski definition) is 1. The molecule has 2 aromatic carbocycles. The fraction of sp³-hybridized carbons (Fsp3) is 0.211. The topological polar surface area (TPSA) is 59.1 Å². The summed E-state index contributed by atoms with van der Waals surface area (Å²) < 4.78 is 40.6. The molecule has 0 aliphatic carbocycles. The maximum atomic E-state index is 13.4. The van der Waals surface area contributed by atoms with Gasteiger partial charge in [-0.2, -0.15) is 0 Å². The van der Waals surface area contributed by atoms with E-state index in [4.69, 9.17) is 0 Å². The normalized spacial score (nSPS) is 11.7. The minimum atomic E-state index is -3.53. The van der Waals surface area contributed by atoms with Gasteiger partial charge < -0.3 is 0 Å². The first-order valence-corrected chi connectivity index (χ1v) is 10.4. The molecular formula is C19H19FN2O2S2. The van der Waals surface area contributed by atoms with Crippen LogP contribution in [-0.4, -0.2) is 19.9 Å². The summed E-state index contributed by atoms with van der Waals surface area (Å²) in [5, 5.41) is 0.735. The SMILES string of the molecule is Cc1ccc(S(=O)(=O)NCCc2sc(-c3cccc(F)c3)nc2C)cc1. The molecule has 0 unspecified atom stereocenters. The fourth-order valence-corrected chi connectivity index (χ4v) is 4.59. The first kappa shape index (κ1) is 18.7. The fourth-order valence-electron chi connectivity index (χ4n) is 2.50. The van der Waals surface area contributed by atoms with E-state index in [1.54, 1.807) is 30.3 Å². The van der Waals surface area contributed by atoms with E-state index in [9.17, 15) is 12.8 Å². The van der Waals surface area contributed by atoms with Gasteiger partial charge >= 0.3 is 0 Å². The van der Waals surface area contributed by atoms with Crippen molar-refractivity contribution in [3.05, 3.63) is 70.5 Å². The molecule has 0 amide bonds. The smallest absolute Gasteiger partial charge is 0.240 e. The van der Waals surface area contributed by atoms with Crippen LogP contribution in [0.4, 0.5) is 4.39 Å². The minimum absolute atomic E-state index is 0.254. The Labute approximate surface area is 156 Å². The summed E-state index contributed by atoms with van der Waals surface area (Å²) >= 11 is 1.46. The minimum Gasteiger partial charge on any atom is -0.241 e. The Bertz CT molecular complexity index is 1010. The molecule has 4 nitrogen and oxygen atoms in total. The number of benzene rings is 2. The van der Waals surface area contributed by atoms with E-state index < -0.39 is 10.0 Å². The highest BCUT2D eigenvalue weighted by Crippen LogP contribution is 2.28. The van der Waals surface area contributed by atoms with Crippen molar-refractivity contribution >= 4 is 21.4 Å². The zero-order valence-electron chi connectivity index (χ0n) is 14.5. The second-order valence-electron chi connectivity index (χ2n) is 6.00. The van der Waals surface area contributed by atoms with Gasteiger partial charge in [-0.3, -0.25) is 0 Å². The Hall–Kier alpha value is -2.09. The molecule has 1 aromatic heterocycles. The van der Waals surface area contributed by atoms with Crippen molar-refractivity contribution in [3.8, 4) is 10.6 Å². The predicted octanol–water partition coefficient (Wildman–Crippen LogP) is 4.09. The van der Waals surface area contributed by atoms with E-state index in [1.165, 1.54) is 23.5 Å². The molecule has 0 spiro atoms. The lowest BCUT2D eigenvalue weighted by Gasteiger charge is -2.06. The summed E-state index contributed by atoms with van der Waals surface area (Å²) in [7, 11) is -3.53. The third kappa shape index (κ3) is 4.35. The zero-order chi connectivity index (χ0) is 18.7. The molecule has 0 radical (unpaired) electrons. The molecule has 1 heterocycles. The van der Waals surface area contributed by atoms with Crippen LogP contribution in [0.3, 0.4) is 0 Å². The Morgan fingerprint density at radius 2 is 1.85 bits per heavy atom. The maximum Gasteiger partial charge on any atom is 0.240 e. The highest BCUT2D eigenvalue weighted by Gasteiger charge is 2.15. The van der Waals surface area contributed by atoms with Gasteiger partial charge in [0, 0.05) is 17.0 Å². The molecule has 3 rings (SSSR count). The first-order valence-electron chi connectivity index (χ1n) is 8.14. The summed E-state index contributed by atoms with van der Waals surface area (Å²) in [4.78, 5) is 5.72. The van der Waals surface area contributed by atoms with Crippen molar-refractivity contribution in [2.24, 2.45) is 0 Å². The largest absolute Gasteiger partial charge is 0.241 e. The molecule has 0 saturated heterocycles. The van der Waals surface area contributed by atoms with Crippen LogP contribution in [0.1, 0.15) is 16.1 Å². The quantitative estimate of drug-likeness (QED) is 0.690. The van der Waals surface area contributed by atoms with Crippen LogP contribution >= 0.6 is 11.3 Å². The number of sulfonamides is 1. The number of aryl methyl sites for hydroxylation is 2. The maximum absolute atomic E-state index is 13.4. The van der Waals surface area contributed by atoms with Crippen molar-refractivity contribution in [1.29, 1.82) is 0 Å². The highest BCUT2D eigenvalue weighted by molar-refractivity contribution is 7.89. The van der Waals surface area contributed by atoms with Gasteiger partial charge in [0.1, 0.15) is 10.8 Å². The molecule has 7 heteroatoms. The molecule has 1 N–H and O–H groups in total. The molecule has 0 fully saturated rings. The van der Waals surface area contributed by atoms with Crippen LogP contribution in [0.15, 0.2) is 53.4 Å². The average molecular weight is 391 g/mol. The number of aromatic nitrogens is 1. The van der Waals surface area contributed by atoms with E-state index in [1.807, 2.05) is 19.9 Å². The number of hydrogen-bond acceptors (Lipinski definition) is 4. The summed E-state index contributed by atoms with van der Waals surface area (Å²) in [6.45, 7) is 4.07. The van der Waals surface area contributed by atoms with Crippen LogP contribution in [-0.2, 0) is 16.4 Å². The zero-order valence-corrected chi connectivity index (χ0v) is 16.1. The van der Waals surface area contributed by atoms with E-state index in [2.05, 4.69) is 9.71 Å². The molecule has 3 aromatic rings. The van der Waals surface area contributed by atoms with Gasteiger partial charge in [-0.15, -0.1) is 11.3 Å². The van der Waals surface area contributed by atoms with Gasteiger partial charge in [0.15, 0.2) is 0 Å². The second kappa shape index (κ2) is 7.65. The summed E-state index contributed by atoms with van der Waals surface area (Å²) in [6, 6.07) is 13.0. The monoisotopic (exact) mass is 390 g/mol. The van der Waals surface area contributed by atoms with Gasteiger partial charge in [-0.25, -0.2) is 22.5 Å². The van der Waals surface area contributed by atoms with Crippen LogP contribution in [0.5, 0.6) is 0 Å². The molecule has 26 heavy (non-hydrogen) atoms. The van der Waals surface area contributed by atoms with Crippen molar-refractivity contribution in [2.45, 2.75) is 25.2 Å².